The minimum atomic E-state index is 0.514. The molecule has 0 amide bonds. The molecule has 82 heavy (non-hydrogen) atoms. The van der Waals surface area contributed by atoms with Crippen molar-refractivity contribution in [3.8, 4) is 0 Å². The topological polar surface area (TPSA) is 107 Å². The molecular formula is C70H122N12. The van der Waals surface area contributed by atoms with Gasteiger partial charge in [-0.05, 0) is 217 Å². The largest absolute Gasteiger partial charge is 0.332 e. The molecule has 6 aromatic rings. The molecule has 462 valence electrons. The molecule has 0 N–H and O–H groups in total. The van der Waals surface area contributed by atoms with Crippen molar-refractivity contribution in [1.29, 1.82) is 0 Å². The van der Waals surface area contributed by atoms with Gasteiger partial charge >= 0.3 is 0 Å². The molecule has 9 rings (SSSR count). The van der Waals surface area contributed by atoms with E-state index in [-0.39, 0.29) is 0 Å². The van der Waals surface area contributed by atoms with E-state index >= 15 is 0 Å². The van der Waals surface area contributed by atoms with Crippen LogP contribution in [-0.2, 0) is 0 Å². The molecule has 12 heteroatoms. The normalized spacial score (nSPS) is 15.2. The van der Waals surface area contributed by atoms with Gasteiger partial charge in [-0.1, -0.05) is 72.6 Å². The maximum Gasteiger partial charge on any atom is 0.106 e. The molecule has 3 fully saturated rings. The highest BCUT2D eigenvalue weighted by atomic mass is 15.1. The maximum atomic E-state index is 4.82. The van der Waals surface area contributed by atoms with Crippen molar-refractivity contribution in [2.75, 3.05) is 0 Å². The van der Waals surface area contributed by atoms with Crippen LogP contribution in [0.25, 0.3) is 0 Å². The van der Waals surface area contributed by atoms with Crippen LogP contribution in [0.2, 0.25) is 0 Å². The van der Waals surface area contributed by atoms with Crippen LogP contribution in [0.15, 0.2) is 6.20 Å². The predicted octanol–water partition coefficient (Wildman–Crippen LogP) is 20.1. The highest BCUT2D eigenvalue weighted by Gasteiger charge is 2.26. The first-order valence-electron chi connectivity index (χ1n) is 32.6. The number of hydrogen-bond acceptors (Lipinski definition) is 6. The molecule has 0 bridgehead atoms. The highest BCUT2D eigenvalue weighted by Crippen LogP contribution is 2.38. The van der Waals surface area contributed by atoms with E-state index < -0.39 is 0 Å². The zero-order valence-electron chi connectivity index (χ0n) is 58.0. The van der Waals surface area contributed by atoms with Crippen LogP contribution in [0, 0.1) is 83.1 Å². The van der Waals surface area contributed by atoms with Crippen molar-refractivity contribution >= 4 is 0 Å². The second kappa shape index (κ2) is 31.4. The van der Waals surface area contributed by atoms with E-state index in [1.807, 2.05) is 0 Å². The third kappa shape index (κ3) is 17.7. The van der Waals surface area contributed by atoms with Crippen molar-refractivity contribution in [3.63, 3.8) is 0 Å². The molecule has 0 atom stereocenters. The second-order valence-electron chi connectivity index (χ2n) is 27.0. The highest BCUT2D eigenvalue weighted by molar-refractivity contribution is 5.24. The van der Waals surface area contributed by atoms with Crippen molar-refractivity contribution in [2.24, 2.45) is 0 Å². The number of nitrogens with zero attached hydrogens (tertiary/aromatic N) is 12. The molecule has 0 radical (unpaired) electrons. The summed E-state index contributed by atoms with van der Waals surface area (Å²) in [7, 11) is 0. The molecular weight excluding hydrogens is 1010 g/mol. The summed E-state index contributed by atoms with van der Waals surface area (Å²) in [6.45, 7) is 60.9. The van der Waals surface area contributed by atoms with Crippen LogP contribution in [0.1, 0.15) is 358 Å². The minimum Gasteiger partial charge on any atom is -0.332 e. The van der Waals surface area contributed by atoms with Gasteiger partial charge in [0.1, 0.15) is 34.9 Å². The number of aromatic nitrogens is 12. The van der Waals surface area contributed by atoms with E-state index in [9.17, 15) is 0 Å². The Bertz CT molecular complexity index is 2790. The van der Waals surface area contributed by atoms with E-state index in [1.165, 1.54) is 158 Å². The van der Waals surface area contributed by atoms with E-state index in [0.717, 1.165) is 40.9 Å². The van der Waals surface area contributed by atoms with Crippen LogP contribution in [0.3, 0.4) is 0 Å². The summed E-state index contributed by atoms with van der Waals surface area (Å²) in [6.07, 6.45) is 20.1. The molecule has 0 unspecified atom stereocenters. The standard InChI is InChI=1S/C14H24N2.C13H22N2.C12H20N2.2C11H20N2.C9H16N2/c1-10(2)16-11(3)14(15-12(16)4)13-8-6-5-7-9-13;1-9(2)15-10(3)13(14-11(15)4)12-7-5-6-8-12;1-9(2)14-8-12(13-10(14)3)11-6-4-5-7-11;2*1-7(2)11-9(5)13(8(3)4)10(6)12-11;1-6(2)11-8(4)7(3)10-9(11)5/h10,13H,5-9H2,1-4H3;9,12H,5-8H2,1-4H3;8-9,11H,4-7H2,1-3H3;2*7-8H,1-6H3;6H,1-5H3. The summed E-state index contributed by atoms with van der Waals surface area (Å²) >= 11 is 0. The second-order valence-corrected chi connectivity index (χ2v) is 27.0. The van der Waals surface area contributed by atoms with Crippen molar-refractivity contribution < 1.29 is 0 Å². The van der Waals surface area contributed by atoms with Crippen LogP contribution in [-0.4, -0.2) is 57.3 Å². The molecule has 6 aromatic heterocycles. The Morgan fingerprint density at radius 3 is 0.841 bits per heavy atom. The SMILES string of the molecule is Cc1nc(C(C)C)c(C)n1C(C)C.Cc1nc(C(C)C)c(C)n1C(C)C.Cc1nc(C)n(C(C)C)c1C.Cc1nc(C2CCCC2)c(C)n1C(C)C.Cc1nc(C2CCCC2)cn1C(C)C.Cc1nc(C2CCCCC2)c(C)n1C(C)C. The fourth-order valence-corrected chi connectivity index (χ4v) is 14.2. The maximum absolute atomic E-state index is 4.82. The average molecular weight is 1130 g/mol. The van der Waals surface area contributed by atoms with E-state index in [0.29, 0.717) is 48.1 Å². The third-order valence-electron chi connectivity index (χ3n) is 17.7. The monoisotopic (exact) mass is 1130 g/mol. The van der Waals surface area contributed by atoms with Gasteiger partial charge in [-0.3, -0.25) is 0 Å². The smallest absolute Gasteiger partial charge is 0.106 e. The quantitative estimate of drug-likeness (QED) is 0.128. The van der Waals surface area contributed by atoms with Crippen molar-refractivity contribution in [1.82, 2.24) is 57.3 Å². The summed E-state index contributed by atoms with van der Waals surface area (Å²) in [5.74, 6) is 10.2. The van der Waals surface area contributed by atoms with Crippen molar-refractivity contribution in [2.45, 2.75) is 343 Å². The first-order chi connectivity index (χ1) is 38.3. The van der Waals surface area contributed by atoms with Gasteiger partial charge in [-0.25, -0.2) is 29.9 Å². The first kappa shape index (κ1) is 69.8. The van der Waals surface area contributed by atoms with Crippen LogP contribution in [0.4, 0.5) is 0 Å². The van der Waals surface area contributed by atoms with Gasteiger partial charge in [-0.15, -0.1) is 0 Å². The molecule has 0 aliphatic heterocycles. The van der Waals surface area contributed by atoms with Crippen molar-refractivity contribution in [3.05, 3.63) is 104 Å². The fraction of sp³-hybridized carbons (Fsp3) is 0.743. The molecule has 6 heterocycles. The molecule has 3 saturated carbocycles. The summed E-state index contributed by atoms with van der Waals surface area (Å²) in [4.78, 5) is 27.9. The fourth-order valence-electron chi connectivity index (χ4n) is 14.2. The van der Waals surface area contributed by atoms with Gasteiger partial charge < -0.3 is 27.4 Å². The molecule has 12 nitrogen and oxygen atoms in total. The Kier molecular flexibility index (Phi) is 26.7. The van der Waals surface area contributed by atoms with Gasteiger partial charge in [0.05, 0.1) is 34.2 Å². The zero-order chi connectivity index (χ0) is 61.8. The lowest BCUT2D eigenvalue weighted by Crippen LogP contribution is -2.08. The molecule has 0 aromatic carbocycles. The van der Waals surface area contributed by atoms with Gasteiger partial charge in [0.25, 0.3) is 0 Å². The Labute approximate surface area is 502 Å². The number of hydrogen-bond donors (Lipinski definition) is 0. The third-order valence-corrected chi connectivity index (χ3v) is 17.7. The van der Waals surface area contributed by atoms with Gasteiger partial charge in [0, 0.05) is 88.7 Å². The lowest BCUT2D eigenvalue weighted by molar-refractivity contribution is 0.435. The Morgan fingerprint density at radius 1 is 0.305 bits per heavy atom. The minimum absolute atomic E-state index is 0.514. The average Bonchev–Trinajstić information content (AvgIpc) is 4.34. The first-order valence-corrected chi connectivity index (χ1v) is 32.6. The lowest BCUT2D eigenvalue weighted by atomic mass is 9.86. The summed E-state index contributed by atoms with van der Waals surface area (Å²) in [5, 5.41) is 0. The van der Waals surface area contributed by atoms with Gasteiger partial charge in [-0.2, -0.15) is 0 Å². The van der Waals surface area contributed by atoms with Gasteiger partial charge in [0.2, 0.25) is 0 Å². The van der Waals surface area contributed by atoms with E-state index in [2.05, 4.69) is 247 Å². The Hall–Kier alpha value is -4.74. The van der Waals surface area contributed by atoms with Crippen LogP contribution in [0.5, 0.6) is 0 Å². The predicted molar refractivity (Wildman–Crippen MR) is 349 cm³/mol. The Balaban J connectivity index is 0.000000212. The van der Waals surface area contributed by atoms with Crippen LogP contribution >= 0.6 is 0 Å². The number of imidazole rings is 6. The van der Waals surface area contributed by atoms with E-state index in [1.54, 1.807) is 0 Å². The molecule has 0 spiro atoms. The molecule has 3 aliphatic carbocycles. The molecule has 3 aliphatic rings. The number of aryl methyl sites for hydroxylation is 7. The van der Waals surface area contributed by atoms with E-state index in [4.69, 9.17) is 9.97 Å². The summed E-state index contributed by atoms with van der Waals surface area (Å²) < 4.78 is 13.9. The summed E-state index contributed by atoms with van der Waals surface area (Å²) in [5.41, 5.74) is 14.4. The Morgan fingerprint density at radius 2 is 0.598 bits per heavy atom. The van der Waals surface area contributed by atoms with Gasteiger partial charge in [0.15, 0.2) is 0 Å². The zero-order valence-corrected chi connectivity index (χ0v) is 58.0. The number of rotatable bonds is 11. The van der Waals surface area contributed by atoms with Crippen LogP contribution < -0.4 is 0 Å². The lowest BCUT2D eigenvalue weighted by Gasteiger charge is -2.21. The summed E-state index contributed by atoms with van der Waals surface area (Å²) in [6, 6.07) is 3.16. The molecule has 0 saturated heterocycles.